The van der Waals surface area contributed by atoms with Crippen LogP contribution in [0.1, 0.15) is 53.3 Å². The maximum atomic E-state index is 13.5. The molecule has 1 aromatic heterocycles. The molecule has 0 bridgehead atoms. The van der Waals surface area contributed by atoms with Gasteiger partial charge in [-0.1, -0.05) is 12.1 Å². The topological polar surface area (TPSA) is 97.1 Å². The number of rotatable bonds is 5. The number of methoxy groups -OCH3 is 1. The molecule has 2 amide bonds. The van der Waals surface area contributed by atoms with Gasteiger partial charge in [0, 0.05) is 51.6 Å². The van der Waals surface area contributed by atoms with Gasteiger partial charge in [0.2, 0.25) is 0 Å². The third kappa shape index (κ3) is 6.21. The fraction of sp³-hybridized carbons (Fsp3) is 0.577. The van der Waals surface area contributed by atoms with Crippen LogP contribution in [0.5, 0.6) is 5.75 Å². The second-order valence-corrected chi connectivity index (χ2v) is 9.98. The Labute approximate surface area is 206 Å². The average Bonchev–Trinajstić information content (AvgIpc) is 3.55. The molecule has 0 spiro atoms. The zero-order valence-corrected chi connectivity index (χ0v) is 21.2. The third-order valence-corrected chi connectivity index (χ3v) is 6.88. The van der Waals surface area contributed by atoms with Gasteiger partial charge in [-0.05, 0) is 56.7 Å². The Morgan fingerprint density at radius 2 is 2.00 bits per heavy atom. The Hall–Kier alpha value is -2.91. The predicted octanol–water partition coefficient (Wildman–Crippen LogP) is 3.45. The Kier molecular flexibility index (Phi) is 7.76. The number of benzene rings is 1. The van der Waals surface area contributed by atoms with E-state index in [-0.39, 0.29) is 29.7 Å². The van der Waals surface area contributed by atoms with Gasteiger partial charge in [0.05, 0.1) is 11.7 Å². The lowest BCUT2D eigenvalue weighted by molar-refractivity contribution is 0.00994. The molecule has 2 aromatic rings. The van der Waals surface area contributed by atoms with Gasteiger partial charge in [-0.15, -0.1) is 0 Å². The number of likely N-dealkylation sites (N-methyl/N-ethyl adjacent to an activating group) is 1. The highest BCUT2D eigenvalue weighted by molar-refractivity contribution is 6.04. The number of nitrogens with zero attached hydrogens (tertiary/aromatic N) is 3. The van der Waals surface area contributed by atoms with Gasteiger partial charge in [-0.3, -0.25) is 14.5 Å². The van der Waals surface area contributed by atoms with E-state index < -0.39 is 5.91 Å². The van der Waals surface area contributed by atoms with Crippen LogP contribution in [0.3, 0.4) is 0 Å². The highest BCUT2D eigenvalue weighted by Gasteiger charge is 2.31. The van der Waals surface area contributed by atoms with Crippen molar-refractivity contribution in [3.63, 3.8) is 0 Å². The molecule has 1 fully saturated rings. The molecule has 9 heteroatoms. The van der Waals surface area contributed by atoms with Gasteiger partial charge in [0.15, 0.2) is 5.69 Å². The quantitative estimate of drug-likeness (QED) is 0.694. The summed E-state index contributed by atoms with van der Waals surface area (Å²) in [6.07, 6.45) is 2.48. The summed E-state index contributed by atoms with van der Waals surface area (Å²) in [5.41, 5.74) is 1.05. The normalized spacial score (nSPS) is 24.2. The molecule has 0 radical (unpaired) electrons. The summed E-state index contributed by atoms with van der Waals surface area (Å²) >= 11 is 0. The second kappa shape index (κ2) is 10.8. The molecule has 1 N–H and O–H groups in total. The van der Waals surface area contributed by atoms with Crippen molar-refractivity contribution < 1.29 is 23.6 Å². The number of amides is 2. The molecule has 0 saturated heterocycles. The van der Waals surface area contributed by atoms with Crippen molar-refractivity contribution in [3.8, 4) is 5.75 Å². The Balaban J connectivity index is 1.60. The van der Waals surface area contributed by atoms with Gasteiger partial charge in [-0.2, -0.15) is 0 Å². The van der Waals surface area contributed by atoms with Gasteiger partial charge in [0.1, 0.15) is 18.1 Å². The number of anilines is 1. The molecule has 1 aliphatic heterocycles. The lowest BCUT2D eigenvalue weighted by Crippen LogP contribution is -2.47. The lowest BCUT2D eigenvalue weighted by Gasteiger charge is -2.36. The number of aromatic nitrogens is 1. The first kappa shape index (κ1) is 25.2. The zero-order valence-electron chi connectivity index (χ0n) is 21.2. The number of fused-ring (bicyclic) bond motifs is 1. The zero-order chi connectivity index (χ0) is 25.1. The van der Waals surface area contributed by atoms with Crippen LogP contribution in [0.15, 0.2) is 28.8 Å². The van der Waals surface area contributed by atoms with E-state index in [4.69, 9.17) is 14.0 Å². The van der Waals surface area contributed by atoms with Gasteiger partial charge in [0.25, 0.3) is 11.8 Å². The van der Waals surface area contributed by atoms with E-state index in [1.165, 1.54) is 12.8 Å². The molecular formula is C26H36N4O5. The minimum absolute atomic E-state index is 0.0973. The summed E-state index contributed by atoms with van der Waals surface area (Å²) in [7, 11) is 3.47. The first-order valence-corrected chi connectivity index (χ1v) is 12.3. The number of hydrogen-bond donors (Lipinski definition) is 1. The van der Waals surface area contributed by atoms with Crippen molar-refractivity contribution in [2.24, 2.45) is 11.8 Å². The average molecular weight is 485 g/mol. The first-order valence-electron chi connectivity index (χ1n) is 12.3. The van der Waals surface area contributed by atoms with Crippen LogP contribution in [-0.2, 0) is 4.74 Å². The summed E-state index contributed by atoms with van der Waals surface area (Å²) in [5.74, 6) is 1.45. The van der Waals surface area contributed by atoms with E-state index in [2.05, 4.69) is 29.2 Å². The lowest BCUT2D eigenvalue weighted by atomic mass is 10.0. The minimum Gasteiger partial charge on any atom is -0.491 e. The standard InChI is InChI=1S/C26H36N4O5/c1-16-12-30(13-19-6-7-19)17(2)15-34-23-9-8-20(27-25(31)22-10-18(3)35-28-22)11-21(23)26(32)29(4)14-24(16)33-5/h8-11,16-17,19,24H,6-7,12-15H2,1-5H3,(H,27,31)/t16-,17+,24+/m0/s1. The van der Waals surface area contributed by atoms with E-state index in [0.29, 0.717) is 35.9 Å². The predicted molar refractivity (Wildman–Crippen MR) is 132 cm³/mol. The molecule has 2 aliphatic rings. The van der Waals surface area contributed by atoms with E-state index in [1.54, 1.807) is 50.2 Å². The first-order chi connectivity index (χ1) is 16.7. The van der Waals surface area contributed by atoms with Crippen LogP contribution in [0.2, 0.25) is 0 Å². The number of hydrogen-bond acceptors (Lipinski definition) is 7. The molecule has 3 atom stereocenters. The van der Waals surface area contributed by atoms with Crippen molar-refractivity contribution >= 4 is 17.5 Å². The number of carbonyl (C=O) groups excluding carboxylic acids is 2. The maximum absolute atomic E-state index is 13.5. The van der Waals surface area contributed by atoms with E-state index in [0.717, 1.165) is 19.0 Å². The summed E-state index contributed by atoms with van der Waals surface area (Å²) in [6.45, 7) is 8.93. The number of aryl methyl sites for hydroxylation is 1. The van der Waals surface area contributed by atoms with Crippen LogP contribution < -0.4 is 10.1 Å². The fourth-order valence-corrected chi connectivity index (χ4v) is 4.48. The molecule has 4 rings (SSSR count). The van der Waals surface area contributed by atoms with Crippen molar-refractivity contribution in [3.05, 3.63) is 41.3 Å². The van der Waals surface area contributed by atoms with Gasteiger partial charge >= 0.3 is 0 Å². The van der Waals surface area contributed by atoms with E-state index in [9.17, 15) is 9.59 Å². The molecular weight excluding hydrogens is 448 g/mol. The molecule has 0 unspecified atom stereocenters. The maximum Gasteiger partial charge on any atom is 0.277 e. The number of carbonyl (C=O) groups is 2. The van der Waals surface area contributed by atoms with E-state index >= 15 is 0 Å². The SMILES string of the molecule is CO[C@@H]1CN(C)C(=O)c2cc(NC(=O)c3cc(C)on3)ccc2OC[C@@H](C)N(CC2CC2)C[C@@H]1C. The van der Waals surface area contributed by atoms with E-state index in [1.807, 2.05) is 0 Å². The van der Waals surface area contributed by atoms with Crippen LogP contribution in [0, 0.1) is 18.8 Å². The summed E-state index contributed by atoms with van der Waals surface area (Å²) < 4.78 is 17.0. The number of nitrogens with one attached hydrogen (secondary N) is 1. The van der Waals surface area contributed by atoms with Gasteiger partial charge < -0.3 is 24.2 Å². The van der Waals surface area contributed by atoms with Crippen LogP contribution in [-0.4, -0.2) is 79.3 Å². The molecule has 1 saturated carbocycles. The minimum atomic E-state index is -0.408. The number of ether oxygens (including phenoxy) is 2. The van der Waals surface area contributed by atoms with Crippen LogP contribution >= 0.6 is 0 Å². The summed E-state index contributed by atoms with van der Waals surface area (Å²) in [6, 6.07) is 6.88. The fourth-order valence-electron chi connectivity index (χ4n) is 4.48. The Morgan fingerprint density at radius 1 is 1.23 bits per heavy atom. The molecule has 190 valence electrons. The molecule has 1 aliphatic carbocycles. The molecule has 1 aromatic carbocycles. The molecule has 9 nitrogen and oxygen atoms in total. The largest absolute Gasteiger partial charge is 0.491 e. The van der Waals surface area contributed by atoms with Crippen LogP contribution in [0.4, 0.5) is 5.69 Å². The van der Waals surface area contributed by atoms with Crippen LogP contribution in [0.25, 0.3) is 0 Å². The summed E-state index contributed by atoms with van der Waals surface area (Å²) in [5, 5.41) is 6.55. The highest BCUT2D eigenvalue weighted by atomic mass is 16.5. The Bertz CT molecular complexity index is 1050. The highest BCUT2D eigenvalue weighted by Crippen LogP contribution is 2.32. The third-order valence-electron chi connectivity index (χ3n) is 6.88. The smallest absolute Gasteiger partial charge is 0.277 e. The molecule has 35 heavy (non-hydrogen) atoms. The second-order valence-electron chi connectivity index (χ2n) is 9.98. The summed E-state index contributed by atoms with van der Waals surface area (Å²) in [4.78, 5) is 30.2. The van der Waals surface area contributed by atoms with Gasteiger partial charge in [-0.25, -0.2) is 0 Å². The monoisotopic (exact) mass is 484 g/mol. The Morgan fingerprint density at radius 3 is 2.66 bits per heavy atom. The van der Waals surface area contributed by atoms with Crippen molar-refractivity contribution in [1.29, 1.82) is 0 Å². The van der Waals surface area contributed by atoms with Crippen molar-refractivity contribution in [2.45, 2.75) is 45.8 Å². The molecule has 2 heterocycles. The van der Waals surface area contributed by atoms with Crippen molar-refractivity contribution in [1.82, 2.24) is 15.0 Å². The van der Waals surface area contributed by atoms with Crippen molar-refractivity contribution in [2.75, 3.05) is 45.7 Å².